The number of rotatable bonds is 4. The summed E-state index contributed by atoms with van der Waals surface area (Å²) in [4.78, 5) is 11.1. The highest BCUT2D eigenvalue weighted by molar-refractivity contribution is 7.85. The second-order valence-electron chi connectivity index (χ2n) is 2.52. The molecule has 0 spiro atoms. The standard InChI is InChI=1S/C8H12O4S/c1-3-5-7(8(9)4-2)6-13(10,11)12/h7H,4,6H2,1-2H3,(H,10,11,12). The maximum Gasteiger partial charge on any atom is 0.266 e. The quantitative estimate of drug-likeness (QED) is 0.534. The summed E-state index contributed by atoms with van der Waals surface area (Å²) in [7, 11) is -4.12. The molecule has 1 unspecified atom stereocenters. The van der Waals surface area contributed by atoms with Crippen LogP contribution >= 0.6 is 0 Å². The summed E-state index contributed by atoms with van der Waals surface area (Å²) in [6.45, 7) is 3.14. The zero-order chi connectivity index (χ0) is 10.5. The normalized spacial score (nSPS) is 12.8. The number of ketones is 1. The molecule has 0 aromatic rings. The van der Waals surface area contributed by atoms with E-state index in [9.17, 15) is 13.2 Å². The molecule has 74 valence electrons. The lowest BCUT2D eigenvalue weighted by Gasteiger charge is -2.04. The summed E-state index contributed by atoms with van der Waals surface area (Å²) in [5.41, 5.74) is 0. The number of hydrogen-bond donors (Lipinski definition) is 1. The number of carbonyl (C=O) groups is 1. The Kier molecular flexibility index (Phi) is 4.67. The molecular weight excluding hydrogens is 192 g/mol. The molecule has 0 fully saturated rings. The van der Waals surface area contributed by atoms with Crippen LogP contribution in [0.25, 0.3) is 0 Å². The van der Waals surface area contributed by atoms with E-state index >= 15 is 0 Å². The molecule has 0 aromatic carbocycles. The maximum absolute atomic E-state index is 11.1. The largest absolute Gasteiger partial charge is 0.298 e. The van der Waals surface area contributed by atoms with Gasteiger partial charge in [-0.25, -0.2) is 0 Å². The van der Waals surface area contributed by atoms with E-state index in [1.807, 2.05) is 0 Å². The van der Waals surface area contributed by atoms with Crippen molar-refractivity contribution in [2.24, 2.45) is 5.92 Å². The predicted octanol–water partition coefficient (Wildman–Crippen LogP) is 0.493. The number of hydrogen-bond acceptors (Lipinski definition) is 3. The number of Topliss-reactive ketones (excluding diaryl/α,β-unsaturated/α-hetero) is 1. The van der Waals surface area contributed by atoms with Gasteiger partial charge in [-0.05, 0) is 6.92 Å². The Bertz CT molecular complexity index is 331. The van der Waals surface area contributed by atoms with Crippen molar-refractivity contribution in [3.05, 3.63) is 0 Å². The molecule has 0 saturated heterocycles. The van der Waals surface area contributed by atoms with Gasteiger partial charge in [-0.3, -0.25) is 9.35 Å². The topological polar surface area (TPSA) is 71.4 Å². The molecule has 13 heavy (non-hydrogen) atoms. The molecule has 1 atom stereocenters. The summed E-state index contributed by atoms with van der Waals surface area (Å²) in [6, 6.07) is 0. The van der Waals surface area contributed by atoms with Crippen molar-refractivity contribution in [3.63, 3.8) is 0 Å². The van der Waals surface area contributed by atoms with Crippen molar-refractivity contribution in [2.45, 2.75) is 20.3 Å². The molecule has 4 nitrogen and oxygen atoms in total. The van der Waals surface area contributed by atoms with Crippen LogP contribution in [0.3, 0.4) is 0 Å². The molecule has 0 radical (unpaired) electrons. The minimum absolute atomic E-state index is 0.217. The lowest BCUT2D eigenvalue weighted by molar-refractivity contribution is -0.120. The summed E-state index contributed by atoms with van der Waals surface area (Å²) < 4.78 is 29.5. The molecule has 1 N–H and O–H groups in total. The molecule has 0 aliphatic rings. The summed E-state index contributed by atoms with van der Waals surface area (Å²) in [5.74, 6) is 3.13. The highest BCUT2D eigenvalue weighted by Gasteiger charge is 2.20. The van der Waals surface area contributed by atoms with E-state index in [0.717, 1.165) is 0 Å². The van der Waals surface area contributed by atoms with Gasteiger partial charge in [-0.2, -0.15) is 8.42 Å². The SMILES string of the molecule is CC#CC(CS(=O)(=O)O)C(=O)CC. The van der Waals surface area contributed by atoms with Gasteiger partial charge in [-0.15, -0.1) is 5.92 Å². The minimum Gasteiger partial charge on any atom is -0.298 e. The van der Waals surface area contributed by atoms with Gasteiger partial charge in [-0.1, -0.05) is 12.8 Å². The Hall–Kier alpha value is -0.860. The smallest absolute Gasteiger partial charge is 0.266 e. The molecule has 0 aliphatic heterocycles. The van der Waals surface area contributed by atoms with E-state index in [2.05, 4.69) is 11.8 Å². The summed E-state index contributed by atoms with van der Waals surface area (Å²) in [6.07, 6.45) is 0.217. The van der Waals surface area contributed by atoms with E-state index in [-0.39, 0.29) is 12.2 Å². The van der Waals surface area contributed by atoms with Gasteiger partial charge in [0.05, 0.1) is 11.7 Å². The summed E-state index contributed by atoms with van der Waals surface area (Å²) >= 11 is 0. The average Bonchev–Trinajstić information content (AvgIpc) is 2.00. The molecule has 0 heterocycles. The van der Waals surface area contributed by atoms with Crippen LogP contribution in [0.4, 0.5) is 0 Å². The molecule has 0 saturated carbocycles. The van der Waals surface area contributed by atoms with E-state index in [0.29, 0.717) is 0 Å². The second kappa shape index (κ2) is 5.00. The van der Waals surface area contributed by atoms with Gasteiger partial charge < -0.3 is 0 Å². The van der Waals surface area contributed by atoms with Crippen LogP contribution < -0.4 is 0 Å². The van der Waals surface area contributed by atoms with Crippen molar-refractivity contribution in [3.8, 4) is 11.8 Å². The zero-order valence-electron chi connectivity index (χ0n) is 7.57. The van der Waals surface area contributed by atoms with Crippen LogP contribution in [0.5, 0.6) is 0 Å². The first-order chi connectivity index (χ1) is 5.90. The second-order valence-corrected chi connectivity index (χ2v) is 4.01. The van der Waals surface area contributed by atoms with Crippen molar-refractivity contribution < 1.29 is 17.8 Å². The first kappa shape index (κ1) is 12.1. The lowest BCUT2D eigenvalue weighted by Crippen LogP contribution is -2.21. The van der Waals surface area contributed by atoms with Gasteiger partial charge >= 0.3 is 0 Å². The molecular formula is C8H12O4S. The first-order valence-corrected chi connectivity index (χ1v) is 5.41. The third-order valence-electron chi connectivity index (χ3n) is 1.43. The van der Waals surface area contributed by atoms with Crippen molar-refractivity contribution >= 4 is 15.9 Å². The maximum atomic E-state index is 11.1. The van der Waals surface area contributed by atoms with Gasteiger partial charge in [0.25, 0.3) is 10.1 Å². The van der Waals surface area contributed by atoms with E-state index in [1.165, 1.54) is 6.92 Å². The van der Waals surface area contributed by atoms with Crippen LogP contribution in [-0.2, 0) is 14.9 Å². The summed E-state index contributed by atoms with van der Waals surface area (Å²) in [5, 5.41) is 0. The Morgan fingerprint density at radius 1 is 1.54 bits per heavy atom. The monoisotopic (exact) mass is 204 g/mol. The molecule has 0 aliphatic carbocycles. The predicted molar refractivity (Wildman–Crippen MR) is 48.7 cm³/mol. The lowest BCUT2D eigenvalue weighted by atomic mass is 10.1. The molecule has 0 rings (SSSR count). The van der Waals surface area contributed by atoms with Crippen LogP contribution in [0.1, 0.15) is 20.3 Å². The van der Waals surface area contributed by atoms with Crippen molar-refractivity contribution in [1.29, 1.82) is 0 Å². The first-order valence-electron chi connectivity index (χ1n) is 3.80. The van der Waals surface area contributed by atoms with Crippen LogP contribution in [-0.4, -0.2) is 24.5 Å². The number of carbonyl (C=O) groups excluding carboxylic acids is 1. The Labute approximate surface area is 78.1 Å². The van der Waals surface area contributed by atoms with Crippen molar-refractivity contribution in [2.75, 3.05) is 5.75 Å². The molecule has 0 aromatic heterocycles. The van der Waals surface area contributed by atoms with Crippen LogP contribution in [0.15, 0.2) is 0 Å². The molecule has 0 bridgehead atoms. The molecule has 5 heteroatoms. The molecule has 0 amide bonds. The highest BCUT2D eigenvalue weighted by atomic mass is 32.2. The third kappa shape index (κ3) is 5.39. The highest BCUT2D eigenvalue weighted by Crippen LogP contribution is 2.03. The van der Waals surface area contributed by atoms with Crippen LogP contribution in [0, 0.1) is 17.8 Å². The van der Waals surface area contributed by atoms with Gasteiger partial charge in [0.1, 0.15) is 5.78 Å². The Morgan fingerprint density at radius 2 is 2.08 bits per heavy atom. The fourth-order valence-corrected chi connectivity index (χ4v) is 1.54. The van der Waals surface area contributed by atoms with Crippen molar-refractivity contribution in [1.82, 2.24) is 0 Å². The van der Waals surface area contributed by atoms with Gasteiger partial charge in [0, 0.05) is 6.42 Å². The fourth-order valence-electron chi connectivity index (χ4n) is 0.846. The Morgan fingerprint density at radius 3 is 2.38 bits per heavy atom. The average molecular weight is 204 g/mol. The Balaban J connectivity index is 4.61. The van der Waals surface area contributed by atoms with E-state index < -0.39 is 21.8 Å². The third-order valence-corrected chi connectivity index (χ3v) is 2.19. The fraction of sp³-hybridized carbons (Fsp3) is 0.625. The minimum atomic E-state index is -4.12. The van der Waals surface area contributed by atoms with E-state index in [4.69, 9.17) is 4.55 Å². The zero-order valence-corrected chi connectivity index (χ0v) is 8.39. The van der Waals surface area contributed by atoms with Gasteiger partial charge in [0.15, 0.2) is 0 Å². The van der Waals surface area contributed by atoms with E-state index in [1.54, 1.807) is 6.92 Å². The van der Waals surface area contributed by atoms with Crippen LogP contribution in [0.2, 0.25) is 0 Å². The van der Waals surface area contributed by atoms with Gasteiger partial charge in [0.2, 0.25) is 0 Å².